The molecule has 2 rings (SSSR count). The van der Waals surface area contributed by atoms with Gasteiger partial charge in [0.15, 0.2) is 0 Å². The Morgan fingerprint density at radius 2 is 2.00 bits per heavy atom. The zero-order valence-electron chi connectivity index (χ0n) is 13.6. The average Bonchev–Trinajstić information content (AvgIpc) is 2.93. The van der Waals surface area contributed by atoms with E-state index in [1.165, 1.54) is 5.56 Å². The van der Waals surface area contributed by atoms with Crippen molar-refractivity contribution in [3.8, 4) is 5.88 Å². The molecular formula is C16H22N4O3S. The molecule has 0 aliphatic rings. The van der Waals surface area contributed by atoms with Crippen molar-refractivity contribution in [1.82, 2.24) is 4.37 Å². The lowest BCUT2D eigenvalue weighted by Gasteiger charge is -2.10. The van der Waals surface area contributed by atoms with Gasteiger partial charge in [0.25, 0.3) is 0 Å². The molecule has 130 valence electrons. The normalized spacial score (nSPS) is 13.3. The minimum absolute atomic E-state index is 0.0510. The van der Waals surface area contributed by atoms with Crippen LogP contribution < -0.4 is 11.1 Å². The standard InChI is InChI=1S/C16H22N4O3S/c1-9(2)10-3-5-11(6-4-10)19-16-13(15(23)20-24-16)14(17)18-7-12(22)8-21/h3-6,9,12,19,21-22H,7-8H2,1-2H3,(H2,17,18)(H,20,23). The van der Waals surface area contributed by atoms with E-state index in [4.69, 9.17) is 10.8 Å². The summed E-state index contributed by atoms with van der Waals surface area (Å²) in [7, 11) is 0. The molecule has 7 nitrogen and oxygen atoms in total. The first-order chi connectivity index (χ1) is 11.4. The molecule has 24 heavy (non-hydrogen) atoms. The molecule has 0 spiro atoms. The van der Waals surface area contributed by atoms with Gasteiger partial charge in [0.05, 0.1) is 19.3 Å². The number of benzene rings is 1. The second kappa shape index (κ2) is 8.09. The van der Waals surface area contributed by atoms with E-state index >= 15 is 0 Å². The topological polar surface area (TPSA) is 124 Å². The lowest BCUT2D eigenvalue weighted by atomic mass is 10.0. The van der Waals surface area contributed by atoms with E-state index < -0.39 is 12.7 Å². The van der Waals surface area contributed by atoms with Gasteiger partial charge < -0.3 is 26.4 Å². The Balaban J connectivity index is 2.20. The van der Waals surface area contributed by atoms with Gasteiger partial charge in [0, 0.05) is 5.69 Å². The molecule has 0 saturated carbocycles. The number of aliphatic imine (C=N–C) groups is 1. The van der Waals surface area contributed by atoms with Crippen molar-refractivity contribution in [2.45, 2.75) is 25.9 Å². The van der Waals surface area contributed by atoms with Gasteiger partial charge in [-0.3, -0.25) is 4.99 Å². The van der Waals surface area contributed by atoms with E-state index in [0.29, 0.717) is 10.9 Å². The molecule has 1 heterocycles. The third-order valence-electron chi connectivity index (χ3n) is 3.45. The maximum atomic E-state index is 9.91. The minimum atomic E-state index is -0.989. The fourth-order valence-electron chi connectivity index (χ4n) is 2.02. The highest BCUT2D eigenvalue weighted by atomic mass is 32.1. The molecular weight excluding hydrogens is 328 g/mol. The highest BCUT2D eigenvalue weighted by Crippen LogP contribution is 2.32. The van der Waals surface area contributed by atoms with Crippen molar-refractivity contribution in [3.05, 3.63) is 35.4 Å². The maximum Gasteiger partial charge on any atom is 0.236 e. The van der Waals surface area contributed by atoms with Crippen LogP contribution in [-0.2, 0) is 0 Å². The number of anilines is 2. The first kappa shape index (κ1) is 18.2. The van der Waals surface area contributed by atoms with Gasteiger partial charge in [0.1, 0.15) is 16.4 Å². The summed E-state index contributed by atoms with van der Waals surface area (Å²) in [4.78, 5) is 3.99. The molecule has 0 aliphatic heterocycles. The van der Waals surface area contributed by atoms with E-state index in [-0.39, 0.29) is 23.8 Å². The summed E-state index contributed by atoms with van der Waals surface area (Å²) in [6.45, 7) is 3.79. The fraction of sp³-hybridized carbons (Fsp3) is 0.375. The average molecular weight is 350 g/mol. The summed E-state index contributed by atoms with van der Waals surface area (Å²) in [5.74, 6) is 0.277. The number of nitrogens with zero attached hydrogens (tertiary/aromatic N) is 2. The van der Waals surface area contributed by atoms with E-state index in [1.54, 1.807) is 0 Å². The Morgan fingerprint density at radius 3 is 2.58 bits per heavy atom. The minimum Gasteiger partial charge on any atom is -0.492 e. The zero-order chi connectivity index (χ0) is 17.7. The third-order valence-corrected chi connectivity index (χ3v) is 4.20. The molecule has 0 bridgehead atoms. The summed E-state index contributed by atoms with van der Waals surface area (Å²) in [6.07, 6.45) is -0.989. The van der Waals surface area contributed by atoms with E-state index in [0.717, 1.165) is 17.2 Å². The first-order valence-corrected chi connectivity index (χ1v) is 8.34. The second-order valence-corrected chi connectivity index (χ2v) is 6.45. The SMILES string of the molecule is CC(C)c1ccc(Nc2snc(O)c2C(N)=NCC(O)CO)cc1. The summed E-state index contributed by atoms with van der Waals surface area (Å²) >= 11 is 1.07. The van der Waals surface area contributed by atoms with Crippen LogP contribution in [0, 0.1) is 0 Å². The number of rotatable bonds is 7. The van der Waals surface area contributed by atoms with Crippen LogP contribution in [0.2, 0.25) is 0 Å². The molecule has 2 aromatic rings. The van der Waals surface area contributed by atoms with Crippen LogP contribution in [0.5, 0.6) is 5.88 Å². The Hall–Kier alpha value is -2.16. The van der Waals surface area contributed by atoms with Crippen molar-refractivity contribution in [2.24, 2.45) is 10.7 Å². The zero-order valence-corrected chi connectivity index (χ0v) is 14.4. The molecule has 8 heteroatoms. The number of aliphatic hydroxyl groups excluding tert-OH is 2. The number of aromatic nitrogens is 1. The lowest BCUT2D eigenvalue weighted by Crippen LogP contribution is -2.21. The molecule has 0 saturated heterocycles. The molecule has 0 aliphatic carbocycles. The molecule has 0 radical (unpaired) electrons. The number of amidine groups is 1. The van der Waals surface area contributed by atoms with Crippen LogP contribution in [0.25, 0.3) is 0 Å². The van der Waals surface area contributed by atoms with E-state index in [1.807, 2.05) is 24.3 Å². The van der Waals surface area contributed by atoms with Crippen LogP contribution in [0.4, 0.5) is 10.7 Å². The molecule has 0 fully saturated rings. The largest absolute Gasteiger partial charge is 0.492 e. The Morgan fingerprint density at radius 1 is 1.33 bits per heavy atom. The van der Waals surface area contributed by atoms with Crippen LogP contribution in [0.15, 0.2) is 29.3 Å². The second-order valence-electron chi connectivity index (χ2n) is 5.67. The summed E-state index contributed by atoms with van der Waals surface area (Å²) in [5.41, 5.74) is 8.24. The maximum absolute atomic E-state index is 9.91. The number of nitrogens with two attached hydrogens (primary N) is 1. The highest BCUT2D eigenvalue weighted by Gasteiger charge is 2.17. The van der Waals surface area contributed by atoms with Crippen molar-refractivity contribution < 1.29 is 15.3 Å². The van der Waals surface area contributed by atoms with Gasteiger partial charge in [0.2, 0.25) is 5.88 Å². The third kappa shape index (κ3) is 4.44. The molecule has 6 N–H and O–H groups in total. The summed E-state index contributed by atoms with van der Waals surface area (Å²) in [6, 6.07) is 7.95. The van der Waals surface area contributed by atoms with Gasteiger partial charge in [-0.2, -0.15) is 4.37 Å². The van der Waals surface area contributed by atoms with Crippen LogP contribution >= 0.6 is 11.5 Å². The number of hydrogen-bond acceptors (Lipinski definition) is 7. The lowest BCUT2D eigenvalue weighted by molar-refractivity contribution is 0.102. The predicted molar refractivity (Wildman–Crippen MR) is 96.3 cm³/mol. The highest BCUT2D eigenvalue weighted by molar-refractivity contribution is 7.11. The predicted octanol–water partition coefficient (Wildman–Crippen LogP) is 1.77. The van der Waals surface area contributed by atoms with Crippen molar-refractivity contribution in [3.63, 3.8) is 0 Å². The Labute approximate surface area is 144 Å². The quantitative estimate of drug-likeness (QED) is 0.383. The van der Waals surface area contributed by atoms with Gasteiger partial charge in [-0.25, -0.2) is 0 Å². The molecule has 1 unspecified atom stereocenters. The number of aliphatic hydroxyl groups is 2. The smallest absolute Gasteiger partial charge is 0.236 e. The van der Waals surface area contributed by atoms with Crippen LogP contribution in [0.3, 0.4) is 0 Å². The van der Waals surface area contributed by atoms with Crippen molar-refractivity contribution in [1.29, 1.82) is 0 Å². The molecule has 0 amide bonds. The number of aromatic hydroxyl groups is 1. The van der Waals surface area contributed by atoms with Crippen molar-refractivity contribution in [2.75, 3.05) is 18.5 Å². The van der Waals surface area contributed by atoms with Gasteiger partial charge in [-0.1, -0.05) is 26.0 Å². The molecule has 1 aromatic carbocycles. The van der Waals surface area contributed by atoms with Gasteiger partial charge >= 0.3 is 0 Å². The fourth-order valence-corrected chi connectivity index (χ4v) is 2.74. The van der Waals surface area contributed by atoms with Gasteiger partial charge in [-0.15, -0.1) is 0 Å². The van der Waals surface area contributed by atoms with E-state index in [9.17, 15) is 10.2 Å². The molecule has 1 aromatic heterocycles. The Bertz CT molecular complexity index is 698. The Kier molecular flexibility index (Phi) is 6.13. The summed E-state index contributed by atoms with van der Waals surface area (Å²) < 4.78 is 3.89. The summed E-state index contributed by atoms with van der Waals surface area (Å²) in [5, 5.41) is 31.8. The first-order valence-electron chi connectivity index (χ1n) is 7.57. The van der Waals surface area contributed by atoms with Crippen LogP contribution in [-0.4, -0.2) is 44.8 Å². The van der Waals surface area contributed by atoms with Gasteiger partial charge in [-0.05, 0) is 35.1 Å². The monoisotopic (exact) mass is 350 g/mol. The van der Waals surface area contributed by atoms with Crippen LogP contribution in [0.1, 0.15) is 30.9 Å². The molecule has 1 atom stereocenters. The van der Waals surface area contributed by atoms with E-state index in [2.05, 4.69) is 28.5 Å². The number of nitrogens with one attached hydrogen (secondary N) is 1. The van der Waals surface area contributed by atoms with Crippen molar-refractivity contribution >= 4 is 28.1 Å². The number of hydrogen-bond donors (Lipinski definition) is 5.